The van der Waals surface area contributed by atoms with Crippen LogP contribution in [0.4, 0.5) is 10.1 Å². The molecule has 1 atom stereocenters. The maximum Gasteiger partial charge on any atom is 0.270 e. The van der Waals surface area contributed by atoms with Crippen molar-refractivity contribution in [2.75, 3.05) is 26.0 Å². The number of anilines is 1. The molecule has 1 unspecified atom stereocenters. The van der Waals surface area contributed by atoms with E-state index in [4.69, 9.17) is 0 Å². The molecule has 1 aromatic heterocycles. The molecule has 0 saturated heterocycles. The number of hydrogen-bond acceptors (Lipinski definition) is 5. The number of halogens is 1. The van der Waals surface area contributed by atoms with Gasteiger partial charge in [-0.25, -0.2) is 4.39 Å². The highest BCUT2D eigenvalue weighted by Crippen LogP contribution is 2.44. The molecule has 2 aromatic carbocycles. The van der Waals surface area contributed by atoms with E-state index in [0.717, 1.165) is 31.2 Å². The van der Waals surface area contributed by atoms with Gasteiger partial charge in [0.1, 0.15) is 17.6 Å². The molecule has 1 saturated carbocycles. The summed E-state index contributed by atoms with van der Waals surface area (Å²) in [5.41, 5.74) is 1.80. The van der Waals surface area contributed by atoms with Crippen molar-refractivity contribution in [1.82, 2.24) is 25.3 Å². The van der Waals surface area contributed by atoms with Crippen LogP contribution in [-0.4, -0.2) is 65.0 Å². The number of aromatic nitrogens is 2. The summed E-state index contributed by atoms with van der Waals surface area (Å²) in [7, 11) is 5.11. The zero-order chi connectivity index (χ0) is 31.7. The van der Waals surface area contributed by atoms with Crippen molar-refractivity contribution in [3.63, 3.8) is 0 Å². The van der Waals surface area contributed by atoms with Gasteiger partial charge in [-0.2, -0.15) is 5.10 Å². The number of benzene rings is 2. The van der Waals surface area contributed by atoms with Crippen molar-refractivity contribution >= 4 is 29.3 Å². The van der Waals surface area contributed by atoms with Gasteiger partial charge < -0.3 is 20.9 Å². The first-order valence-electron chi connectivity index (χ1n) is 14.9. The van der Waals surface area contributed by atoms with Gasteiger partial charge in [-0.1, -0.05) is 43.2 Å². The molecular weight excluding hydrogens is 563 g/mol. The van der Waals surface area contributed by atoms with Gasteiger partial charge in [0.15, 0.2) is 0 Å². The lowest BCUT2D eigenvalue weighted by molar-refractivity contribution is -0.132. The Labute approximate surface area is 257 Å². The Morgan fingerprint density at radius 1 is 1.00 bits per heavy atom. The van der Waals surface area contributed by atoms with Crippen LogP contribution >= 0.6 is 0 Å². The highest BCUT2D eigenvalue weighted by molar-refractivity contribution is 6.00. The van der Waals surface area contributed by atoms with Gasteiger partial charge >= 0.3 is 0 Å². The van der Waals surface area contributed by atoms with Gasteiger partial charge in [-0.05, 0) is 60.1 Å². The highest BCUT2D eigenvalue weighted by atomic mass is 19.1. The number of hydrogen-bond donors (Lipinski definition) is 3. The second kappa shape index (κ2) is 14.8. The average Bonchev–Trinajstić information content (AvgIpc) is 3.63. The smallest absolute Gasteiger partial charge is 0.270 e. The highest BCUT2D eigenvalue weighted by Gasteiger charge is 2.38. The van der Waals surface area contributed by atoms with Crippen LogP contribution in [0.5, 0.6) is 0 Å². The van der Waals surface area contributed by atoms with E-state index in [2.05, 4.69) is 21.0 Å². The van der Waals surface area contributed by atoms with Crippen LogP contribution in [0.1, 0.15) is 60.1 Å². The van der Waals surface area contributed by atoms with Gasteiger partial charge in [0.2, 0.25) is 17.7 Å². The topological polar surface area (TPSA) is 125 Å². The molecule has 1 aliphatic rings. The summed E-state index contributed by atoms with van der Waals surface area (Å²) in [4.78, 5) is 52.8. The Balaban J connectivity index is 1.32. The summed E-state index contributed by atoms with van der Waals surface area (Å²) in [6.45, 7) is 0.451. The minimum absolute atomic E-state index is 0.0372. The Morgan fingerprint density at radius 2 is 1.70 bits per heavy atom. The Kier molecular flexibility index (Phi) is 10.9. The number of carbonyl (C=O) groups is 4. The van der Waals surface area contributed by atoms with Crippen molar-refractivity contribution < 1.29 is 23.6 Å². The van der Waals surface area contributed by atoms with E-state index in [1.807, 2.05) is 12.1 Å². The fourth-order valence-corrected chi connectivity index (χ4v) is 5.68. The molecule has 1 aliphatic carbocycles. The normalized spacial score (nSPS) is 14.5. The molecule has 4 rings (SSSR count). The van der Waals surface area contributed by atoms with E-state index in [-0.39, 0.29) is 29.3 Å². The summed E-state index contributed by atoms with van der Waals surface area (Å²) >= 11 is 0. The largest absolute Gasteiger partial charge is 0.356 e. The number of nitrogens with one attached hydrogen (secondary N) is 3. The zero-order valence-electron chi connectivity index (χ0n) is 25.6. The maximum absolute atomic E-state index is 14.4. The molecule has 44 heavy (non-hydrogen) atoms. The fraction of sp³-hybridized carbons (Fsp3) is 0.424. The molecule has 10 nitrogen and oxygen atoms in total. The van der Waals surface area contributed by atoms with Crippen molar-refractivity contribution in [2.45, 2.75) is 57.4 Å². The molecule has 4 amide bonds. The monoisotopic (exact) mass is 604 g/mol. The second-order valence-corrected chi connectivity index (χ2v) is 11.8. The first-order valence-corrected chi connectivity index (χ1v) is 14.9. The molecule has 0 bridgehead atoms. The SMILES string of the molecule is CN(C)C(=O)CC1(CC(=O)NCCc2ccc(NC(=O)C(Cc3ccccc3F)NC(=O)c3ccnn3C)cc2)CCCC1. The van der Waals surface area contributed by atoms with E-state index in [0.29, 0.717) is 37.1 Å². The minimum atomic E-state index is -1.04. The third-order valence-electron chi connectivity index (χ3n) is 8.24. The number of rotatable bonds is 13. The summed E-state index contributed by atoms with van der Waals surface area (Å²) in [6, 6.07) is 13.8. The first kappa shape index (κ1) is 32.4. The lowest BCUT2D eigenvalue weighted by Crippen LogP contribution is -2.45. The van der Waals surface area contributed by atoms with Crippen LogP contribution in [-0.2, 0) is 34.3 Å². The van der Waals surface area contributed by atoms with Crippen molar-refractivity contribution in [2.24, 2.45) is 12.5 Å². The lowest BCUT2D eigenvalue weighted by atomic mass is 9.79. The van der Waals surface area contributed by atoms with Crippen LogP contribution in [0.15, 0.2) is 60.8 Å². The number of amides is 4. The van der Waals surface area contributed by atoms with E-state index in [1.54, 1.807) is 56.4 Å². The molecule has 3 N–H and O–H groups in total. The lowest BCUT2D eigenvalue weighted by Gasteiger charge is -2.29. The van der Waals surface area contributed by atoms with Crippen molar-refractivity contribution in [3.8, 4) is 0 Å². The quantitative estimate of drug-likeness (QED) is 0.275. The Bertz CT molecular complexity index is 1460. The van der Waals surface area contributed by atoms with Crippen molar-refractivity contribution in [3.05, 3.63) is 83.4 Å². The van der Waals surface area contributed by atoms with E-state index in [1.165, 1.54) is 23.0 Å². The number of aryl methyl sites for hydroxylation is 1. The predicted molar refractivity (Wildman–Crippen MR) is 165 cm³/mol. The van der Waals surface area contributed by atoms with Crippen LogP contribution in [0.3, 0.4) is 0 Å². The predicted octanol–water partition coefficient (Wildman–Crippen LogP) is 3.63. The van der Waals surface area contributed by atoms with Crippen LogP contribution in [0, 0.1) is 11.2 Å². The zero-order valence-corrected chi connectivity index (χ0v) is 25.6. The standard InChI is InChI=1S/C33H41FN6O4/c1-39(2)30(42)22-33(16-6-7-17-33)21-29(41)35-18-14-23-10-12-25(13-11-23)37-31(43)27(20-24-8-4-5-9-26(24)34)38-32(44)28-15-19-36-40(28)3/h4-5,8-13,15,19,27H,6-7,14,16-18,20-22H2,1-3H3,(H,35,41)(H,37,43)(H,38,44). The Hall–Kier alpha value is -4.54. The molecule has 0 radical (unpaired) electrons. The van der Waals surface area contributed by atoms with Gasteiger partial charge in [0, 0.05) is 58.8 Å². The molecule has 234 valence electrons. The molecule has 3 aromatic rings. The molecule has 0 aliphatic heterocycles. The molecular formula is C33H41FN6O4. The molecule has 1 heterocycles. The maximum atomic E-state index is 14.4. The van der Waals surface area contributed by atoms with Gasteiger partial charge in [0.25, 0.3) is 5.91 Å². The molecule has 1 fully saturated rings. The van der Waals surface area contributed by atoms with Crippen molar-refractivity contribution in [1.29, 1.82) is 0 Å². The number of carbonyl (C=O) groups excluding carboxylic acids is 4. The number of nitrogens with zero attached hydrogens (tertiary/aromatic N) is 3. The van der Waals surface area contributed by atoms with Crippen LogP contribution < -0.4 is 16.0 Å². The van der Waals surface area contributed by atoms with E-state index >= 15 is 0 Å². The molecule has 0 spiro atoms. The average molecular weight is 605 g/mol. The van der Waals surface area contributed by atoms with Crippen LogP contribution in [0.2, 0.25) is 0 Å². The first-order chi connectivity index (χ1) is 21.0. The van der Waals surface area contributed by atoms with E-state index < -0.39 is 23.7 Å². The van der Waals surface area contributed by atoms with Gasteiger partial charge in [-0.15, -0.1) is 0 Å². The summed E-state index contributed by atoms with van der Waals surface area (Å²) in [5, 5.41) is 12.5. The third-order valence-corrected chi connectivity index (χ3v) is 8.24. The minimum Gasteiger partial charge on any atom is -0.356 e. The fourth-order valence-electron chi connectivity index (χ4n) is 5.68. The third kappa shape index (κ3) is 8.75. The summed E-state index contributed by atoms with van der Waals surface area (Å²) in [5.74, 6) is -1.44. The van der Waals surface area contributed by atoms with Gasteiger partial charge in [-0.3, -0.25) is 23.9 Å². The van der Waals surface area contributed by atoms with E-state index in [9.17, 15) is 23.6 Å². The second-order valence-electron chi connectivity index (χ2n) is 11.8. The van der Waals surface area contributed by atoms with Crippen LogP contribution in [0.25, 0.3) is 0 Å². The summed E-state index contributed by atoms with van der Waals surface area (Å²) in [6.07, 6.45) is 6.65. The van der Waals surface area contributed by atoms with Gasteiger partial charge in [0.05, 0.1) is 0 Å². The summed E-state index contributed by atoms with van der Waals surface area (Å²) < 4.78 is 15.8. The molecule has 11 heteroatoms. The Morgan fingerprint density at radius 3 is 2.34 bits per heavy atom.